The van der Waals surface area contributed by atoms with Crippen LogP contribution in [0.3, 0.4) is 0 Å². The number of hydrogen-bond donors (Lipinski definition) is 3. The van der Waals surface area contributed by atoms with E-state index >= 15 is 0 Å². The van der Waals surface area contributed by atoms with Crippen LogP contribution in [0, 0.1) is 0 Å². The zero-order valence-electron chi connectivity index (χ0n) is 20.5. The average molecular weight is 477 g/mol. The Labute approximate surface area is 202 Å². The molecule has 0 unspecified atom stereocenters. The van der Waals surface area contributed by atoms with Crippen LogP contribution in [0.2, 0.25) is 0 Å². The van der Waals surface area contributed by atoms with Gasteiger partial charge in [0.05, 0.1) is 6.61 Å². The molecule has 32 heavy (non-hydrogen) atoms. The van der Waals surface area contributed by atoms with Gasteiger partial charge in [0, 0.05) is 13.0 Å². The third-order valence-electron chi connectivity index (χ3n) is 5.36. The third kappa shape index (κ3) is 21.7. The van der Waals surface area contributed by atoms with Crippen molar-refractivity contribution in [3.63, 3.8) is 0 Å². The lowest BCUT2D eigenvalue weighted by Crippen LogP contribution is -2.42. The molecule has 0 aliphatic heterocycles. The Morgan fingerprint density at radius 2 is 1.31 bits per heavy atom. The standard InChI is InChI=1S/C24H48N4O3.ClH/c1-3-5-6-7-8-9-10-11-12-13-14-15-16-19-22(29)28-21(23(30)31-4-2)18-17-20-27-24(25)26;/h21H,3-20H2,1-2H3,(H,28,29)(H4,25,26,27);1H/t21-;/m0./s1. The van der Waals surface area contributed by atoms with Gasteiger partial charge in [-0.1, -0.05) is 84.0 Å². The van der Waals surface area contributed by atoms with Crippen molar-refractivity contribution in [1.82, 2.24) is 5.32 Å². The van der Waals surface area contributed by atoms with Gasteiger partial charge in [0.2, 0.25) is 5.91 Å². The Balaban J connectivity index is 0. The van der Waals surface area contributed by atoms with Crippen LogP contribution in [0.1, 0.15) is 117 Å². The SMILES string of the molecule is CCCCCCCCCCCCCCCC(=O)N[C@@H](CCCN=C(N)N)C(=O)OCC.Cl. The first-order chi connectivity index (χ1) is 15.0. The van der Waals surface area contributed by atoms with Crippen LogP contribution < -0.4 is 16.8 Å². The summed E-state index contributed by atoms with van der Waals surface area (Å²) in [6.07, 6.45) is 18.0. The van der Waals surface area contributed by atoms with Crippen molar-refractivity contribution in [1.29, 1.82) is 0 Å². The van der Waals surface area contributed by atoms with Crippen molar-refractivity contribution in [2.24, 2.45) is 16.5 Å². The lowest BCUT2D eigenvalue weighted by molar-refractivity contribution is -0.147. The zero-order valence-corrected chi connectivity index (χ0v) is 21.4. The Hall–Kier alpha value is -1.50. The molecule has 1 amide bonds. The van der Waals surface area contributed by atoms with Crippen molar-refractivity contribution in [2.45, 2.75) is 123 Å². The summed E-state index contributed by atoms with van der Waals surface area (Å²) in [5, 5.41) is 2.81. The highest BCUT2D eigenvalue weighted by atomic mass is 35.5. The number of nitrogens with zero attached hydrogens (tertiary/aromatic N) is 1. The van der Waals surface area contributed by atoms with E-state index in [0.717, 1.165) is 12.8 Å². The number of rotatable bonds is 21. The minimum atomic E-state index is -0.636. The van der Waals surface area contributed by atoms with E-state index in [2.05, 4.69) is 17.2 Å². The molecule has 0 radical (unpaired) electrons. The average Bonchev–Trinajstić information content (AvgIpc) is 2.73. The molecule has 190 valence electrons. The molecule has 0 aromatic carbocycles. The van der Waals surface area contributed by atoms with Crippen molar-refractivity contribution >= 4 is 30.2 Å². The summed E-state index contributed by atoms with van der Waals surface area (Å²) in [6, 6.07) is -0.636. The van der Waals surface area contributed by atoms with E-state index in [1.807, 2.05) is 0 Å². The number of guanidine groups is 1. The highest BCUT2D eigenvalue weighted by Gasteiger charge is 2.21. The molecule has 7 nitrogen and oxygen atoms in total. The van der Waals surface area contributed by atoms with E-state index in [1.165, 1.54) is 70.6 Å². The van der Waals surface area contributed by atoms with E-state index in [4.69, 9.17) is 16.2 Å². The molecular formula is C24H49ClN4O3. The maximum Gasteiger partial charge on any atom is 0.328 e. The van der Waals surface area contributed by atoms with E-state index in [1.54, 1.807) is 6.92 Å². The minimum absolute atomic E-state index is 0. The van der Waals surface area contributed by atoms with Gasteiger partial charge < -0.3 is 21.5 Å². The number of amides is 1. The van der Waals surface area contributed by atoms with Gasteiger partial charge >= 0.3 is 5.97 Å². The first kappa shape index (κ1) is 32.7. The molecule has 0 saturated heterocycles. The molecule has 0 aliphatic rings. The number of nitrogens with two attached hydrogens (primary N) is 2. The maximum absolute atomic E-state index is 12.2. The Kier molecular flexibility index (Phi) is 24.7. The second-order valence-electron chi connectivity index (χ2n) is 8.31. The number of unbranched alkanes of at least 4 members (excludes halogenated alkanes) is 12. The van der Waals surface area contributed by atoms with Crippen LogP contribution in [-0.2, 0) is 14.3 Å². The van der Waals surface area contributed by atoms with Gasteiger partial charge in [0.1, 0.15) is 6.04 Å². The quantitative estimate of drug-likeness (QED) is 0.0932. The molecule has 0 heterocycles. The second kappa shape index (κ2) is 24.1. The van der Waals surface area contributed by atoms with Gasteiger partial charge in [-0.15, -0.1) is 12.4 Å². The number of halogens is 1. The summed E-state index contributed by atoms with van der Waals surface area (Å²) in [6.45, 7) is 4.72. The number of carbonyl (C=O) groups is 2. The van der Waals surface area contributed by atoms with Crippen LogP contribution in [0.25, 0.3) is 0 Å². The van der Waals surface area contributed by atoms with Crippen LogP contribution in [-0.4, -0.2) is 37.0 Å². The summed E-state index contributed by atoms with van der Waals surface area (Å²) in [4.78, 5) is 28.2. The van der Waals surface area contributed by atoms with Gasteiger partial charge in [0.25, 0.3) is 0 Å². The van der Waals surface area contributed by atoms with Crippen molar-refractivity contribution in [3.8, 4) is 0 Å². The smallest absolute Gasteiger partial charge is 0.328 e. The molecule has 8 heteroatoms. The molecule has 0 fully saturated rings. The summed E-state index contributed by atoms with van der Waals surface area (Å²) in [5.74, 6) is -0.465. The molecule has 0 aromatic rings. The molecular weight excluding hydrogens is 428 g/mol. The fraction of sp³-hybridized carbons (Fsp3) is 0.875. The molecule has 0 aromatic heterocycles. The van der Waals surface area contributed by atoms with Gasteiger partial charge in [-0.3, -0.25) is 9.79 Å². The number of carbonyl (C=O) groups excluding carboxylic acids is 2. The highest BCUT2D eigenvalue weighted by molar-refractivity contribution is 5.85. The number of aliphatic imine (C=N–C) groups is 1. The summed E-state index contributed by atoms with van der Waals surface area (Å²) in [7, 11) is 0. The number of esters is 1. The first-order valence-corrected chi connectivity index (χ1v) is 12.5. The Bertz CT molecular complexity index is 486. The van der Waals surface area contributed by atoms with Crippen LogP contribution >= 0.6 is 12.4 Å². The van der Waals surface area contributed by atoms with Gasteiger partial charge in [-0.25, -0.2) is 4.79 Å². The van der Waals surface area contributed by atoms with E-state index in [0.29, 0.717) is 25.8 Å². The van der Waals surface area contributed by atoms with Crippen LogP contribution in [0.4, 0.5) is 0 Å². The predicted molar refractivity (Wildman–Crippen MR) is 136 cm³/mol. The zero-order chi connectivity index (χ0) is 23.2. The fourth-order valence-corrected chi connectivity index (χ4v) is 3.57. The Morgan fingerprint density at radius 1 is 0.812 bits per heavy atom. The molecule has 0 aliphatic carbocycles. The van der Waals surface area contributed by atoms with E-state index in [9.17, 15) is 9.59 Å². The summed E-state index contributed by atoms with van der Waals surface area (Å²) < 4.78 is 5.07. The van der Waals surface area contributed by atoms with Crippen molar-refractivity contribution in [2.75, 3.05) is 13.2 Å². The second-order valence-corrected chi connectivity index (χ2v) is 8.31. The maximum atomic E-state index is 12.2. The monoisotopic (exact) mass is 476 g/mol. The third-order valence-corrected chi connectivity index (χ3v) is 5.36. The molecule has 0 saturated carbocycles. The molecule has 0 rings (SSSR count). The number of ether oxygens (including phenoxy) is 1. The fourth-order valence-electron chi connectivity index (χ4n) is 3.57. The van der Waals surface area contributed by atoms with Gasteiger partial charge in [-0.05, 0) is 26.2 Å². The normalized spacial score (nSPS) is 11.3. The number of hydrogen-bond acceptors (Lipinski definition) is 4. The summed E-state index contributed by atoms with van der Waals surface area (Å²) in [5.41, 5.74) is 10.6. The lowest BCUT2D eigenvalue weighted by Gasteiger charge is -2.17. The Morgan fingerprint density at radius 3 is 1.78 bits per heavy atom. The van der Waals surface area contributed by atoms with E-state index < -0.39 is 12.0 Å². The van der Waals surface area contributed by atoms with Crippen molar-refractivity contribution in [3.05, 3.63) is 0 Å². The van der Waals surface area contributed by atoms with Crippen LogP contribution in [0.15, 0.2) is 4.99 Å². The molecule has 0 spiro atoms. The topological polar surface area (TPSA) is 120 Å². The number of nitrogens with one attached hydrogen (secondary N) is 1. The first-order valence-electron chi connectivity index (χ1n) is 12.5. The predicted octanol–water partition coefficient (Wildman–Crippen LogP) is 4.99. The largest absolute Gasteiger partial charge is 0.464 e. The van der Waals surface area contributed by atoms with Gasteiger partial charge in [0.15, 0.2) is 5.96 Å². The van der Waals surface area contributed by atoms with Gasteiger partial charge in [-0.2, -0.15) is 0 Å². The highest BCUT2D eigenvalue weighted by Crippen LogP contribution is 2.13. The van der Waals surface area contributed by atoms with E-state index in [-0.39, 0.29) is 30.9 Å². The lowest BCUT2D eigenvalue weighted by atomic mass is 10.0. The van der Waals surface area contributed by atoms with Crippen LogP contribution in [0.5, 0.6) is 0 Å². The molecule has 0 bridgehead atoms. The van der Waals surface area contributed by atoms with Crippen molar-refractivity contribution < 1.29 is 14.3 Å². The molecule has 1 atom stereocenters. The molecule has 5 N–H and O–H groups in total. The minimum Gasteiger partial charge on any atom is -0.464 e. The summed E-state index contributed by atoms with van der Waals surface area (Å²) >= 11 is 0.